The summed E-state index contributed by atoms with van der Waals surface area (Å²) in [6.45, 7) is 0. The van der Waals surface area contributed by atoms with Crippen molar-refractivity contribution in [2.75, 3.05) is 0 Å². The molecule has 2 aliphatic carbocycles. The van der Waals surface area contributed by atoms with E-state index in [1.54, 1.807) is 6.08 Å². The van der Waals surface area contributed by atoms with Crippen LogP contribution in [0.3, 0.4) is 0 Å². The monoisotopic (exact) mass is 204 g/mol. The maximum Gasteiger partial charge on any atom is 0.221 e. The van der Waals surface area contributed by atoms with Gasteiger partial charge in [0.05, 0.1) is 0 Å². The second-order valence-electron chi connectivity index (χ2n) is 4.54. The average Bonchev–Trinajstić information content (AvgIpc) is 2.74. The predicted molar refractivity (Wildman–Crippen MR) is 55.9 cm³/mol. The van der Waals surface area contributed by atoms with E-state index in [2.05, 4.69) is 5.67 Å². The fraction of sp³-hybridized carbons (Fsp3) is 0.545. The van der Waals surface area contributed by atoms with Gasteiger partial charge in [-0.05, 0) is 39.7 Å². The Morgan fingerprint density at radius 1 is 1.43 bits per heavy atom. The Labute approximate surface area is 84.8 Å². The van der Waals surface area contributed by atoms with Crippen LogP contribution >= 0.6 is 0 Å². The number of allylic oxidation sites excluding steroid dienone is 2. The molecule has 2 unspecified atom stereocenters. The number of hydrogen-bond acceptors (Lipinski definition) is 2. The van der Waals surface area contributed by atoms with Crippen molar-refractivity contribution in [3.05, 3.63) is 11.6 Å². The number of Topliss-reactive ketones (excluding diaryl/α,β-unsaturated/α-hetero) is 1. The van der Waals surface area contributed by atoms with E-state index in [0.29, 0.717) is 9.13 Å². The van der Waals surface area contributed by atoms with Gasteiger partial charge < -0.3 is 0 Å². The van der Waals surface area contributed by atoms with Crippen LogP contribution in [0.4, 0.5) is 0 Å². The Morgan fingerprint density at radius 2 is 2.29 bits per heavy atom. The summed E-state index contributed by atoms with van der Waals surface area (Å²) in [5.41, 5.74) is 3.57. The van der Waals surface area contributed by atoms with Crippen molar-refractivity contribution in [3.8, 4) is 0 Å². The highest BCUT2D eigenvalue weighted by molar-refractivity contribution is 6.55. The molecule has 1 fully saturated rings. The third kappa shape index (κ3) is 0.836. The number of carbonyl (C=O) groups excluding carboxylic acids is 2. The Hall–Kier alpha value is -0.833. The third-order valence-electron chi connectivity index (χ3n) is 3.98. The van der Waals surface area contributed by atoms with Crippen LogP contribution in [0.25, 0.3) is 0 Å². The van der Waals surface area contributed by atoms with E-state index in [1.165, 1.54) is 11.6 Å². The molecular weight excluding hydrogens is 192 g/mol. The van der Waals surface area contributed by atoms with Gasteiger partial charge in [-0.25, -0.2) is 0 Å². The van der Waals surface area contributed by atoms with E-state index in [-0.39, 0.29) is 22.9 Å². The summed E-state index contributed by atoms with van der Waals surface area (Å²) in [5, 5.41) is 0. The molecule has 0 saturated heterocycles. The van der Waals surface area contributed by atoms with Gasteiger partial charge in [-0.2, -0.15) is 0 Å². The first-order valence-corrected chi connectivity index (χ1v) is 6.69. The quantitative estimate of drug-likeness (QED) is 0.426. The van der Waals surface area contributed by atoms with Crippen LogP contribution in [-0.2, 0) is 9.59 Å². The van der Waals surface area contributed by atoms with Crippen molar-refractivity contribution in [2.24, 2.45) is 11.3 Å². The number of ketones is 2. The van der Waals surface area contributed by atoms with Gasteiger partial charge in [0.15, 0.2) is 0 Å². The van der Waals surface area contributed by atoms with Gasteiger partial charge in [0, 0.05) is 11.3 Å². The van der Waals surface area contributed by atoms with Crippen molar-refractivity contribution in [3.63, 3.8) is 0 Å². The summed E-state index contributed by atoms with van der Waals surface area (Å²) in [7, 11) is 0.336. The highest BCUT2D eigenvalue weighted by Gasteiger charge is 2.52. The SMILES string of the molecule is O=C1C=C2C=[SiH]CC23CCCC3C1=O. The first-order chi connectivity index (χ1) is 6.74. The lowest BCUT2D eigenvalue weighted by Gasteiger charge is -2.34. The van der Waals surface area contributed by atoms with Gasteiger partial charge in [0.25, 0.3) is 0 Å². The van der Waals surface area contributed by atoms with Crippen LogP contribution in [0.15, 0.2) is 11.6 Å². The van der Waals surface area contributed by atoms with E-state index in [9.17, 15) is 9.59 Å². The maximum absolute atomic E-state index is 11.7. The van der Waals surface area contributed by atoms with Gasteiger partial charge in [0.2, 0.25) is 11.6 Å². The summed E-state index contributed by atoms with van der Waals surface area (Å²) >= 11 is 0. The van der Waals surface area contributed by atoms with Crippen molar-refractivity contribution in [2.45, 2.75) is 25.3 Å². The summed E-state index contributed by atoms with van der Waals surface area (Å²) in [5.74, 6) is -0.317. The standard InChI is InChI=1S/C11H12O2Si/c12-9-4-7-5-14-6-11(7)3-1-2-8(11)10(9)13/h4-5,8,14H,1-3,6H2. The molecule has 1 spiro atoms. The highest BCUT2D eigenvalue weighted by Crippen LogP contribution is 2.54. The number of carbonyl (C=O) groups is 2. The number of hydrogen-bond donors (Lipinski definition) is 0. The maximum atomic E-state index is 11.7. The lowest BCUT2D eigenvalue weighted by molar-refractivity contribution is -0.138. The van der Waals surface area contributed by atoms with Gasteiger partial charge in [-0.3, -0.25) is 9.59 Å². The van der Waals surface area contributed by atoms with E-state index in [4.69, 9.17) is 0 Å². The smallest absolute Gasteiger partial charge is 0.221 e. The molecule has 0 aromatic carbocycles. The van der Waals surface area contributed by atoms with Crippen LogP contribution in [0, 0.1) is 11.3 Å². The zero-order chi connectivity index (χ0) is 9.76. The molecule has 1 heterocycles. The highest BCUT2D eigenvalue weighted by atomic mass is 28.2. The lowest BCUT2D eigenvalue weighted by Crippen LogP contribution is -2.38. The molecule has 0 aromatic heterocycles. The second-order valence-corrected chi connectivity index (χ2v) is 5.75. The molecule has 1 saturated carbocycles. The molecule has 0 aromatic rings. The van der Waals surface area contributed by atoms with Crippen molar-refractivity contribution in [1.29, 1.82) is 0 Å². The van der Waals surface area contributed by atoms with Crippen LogP contribution in [0.1, 0.15) is 19.3 Å². The lowest BCUT2D eigenvalue weighted by atomic mass is 9.68. The molecule has 3 rings (SSSR count). The van der Waals surface area contributed by atoms with Crippen molar-refractivity contribution < 1.29 is 9.59 Å². The second kappa shape index (κ2) is 2.60. The number of rotatable bonds is 0. The molecule has 14 heavy (non-hydrogen) atoms. The van der Waals surface area contributed by atoms with Gasteiger partial charge in [-0.15, -0.1) is 0 Å². The Morgan fingerprint density at radius 3 is 3.14 bits per heavy atom. The first-order valence-electron chi connectivity index (χ1n) is 5.21. The average molecular weight is 204 g/mol. The van der Waals surface area contributed by atoms with E-state index >= 15 is 0 Å². The molecule has 0 amide bonds. The first kappa shape index (κ1) is 8.47. The van der Waals surface area contributed by atoms with E-state index in [1.807, 2.05) is 0 Å². The van der Waals surface area contributed by atoms with Crippen LogP contribution in [0.5, 0.6) is 0 Å². The largest absolute Gasteiger partial charge is 0.290 e. The normalized spacial score (nSPS) is 39.7. The Balaban J connectivity index is 2.18. The molecule has 3 heteroatoms. The van der Waals surface area contributed by atoms with Crippen LogP contribution < -0.4 is 0 Å². The summed E-state index contributed by atoms with van der Waals surface area (Å²) in [6, 6.07) is 1.17. The summed E-state index contributed by atoms with van der Waals surface area (Å²) in [4.78, 5) is 23.2. The van der Waals surface area contributed by atoms with E-state index in [0.717, 1.165) is 19.3 Å². The topological polar surface area (TPSA) is 34.1 Å². The third-order valence-corrected chi connectivity index (χ3v) is 5.54. The van der Waals surface area contributed by atoms with Crippen LogP contribution in [0.2, 0.25) is 6.04 Å². The van der Waals surface area contributed by atoms with Gasteiger partial charge in [-0.1, -0.05) is 12.1 Å². The zero-order valence-corrected chi connectivity index (χ0v) is 9.11. The Kier molecular flexibility index (Phi) is 1.57. The minimum atomic E-state index is -0.250. The van der Waals surface area contributed by atoms with Gasteiger partial charge in [0.1, 0.15) is 0 Å². The molecule has 0 bridgehead atoms. The zero-order valence-electron chi connectivity index (χ0n) is 7.95. The van der Waals surface area contributed by atoms with E-state index < -0.39 is 0 Å². The fourth-order valence-corrected chi connectivity index (χ4v) is 5.24. The molecule has 3 aliphatic rings. The molecule has 0 radical (unpaired) electrons. The molecule has 2 nitrogen and oxygen atoms in total. The fourth-order valence-electron chi connectivity index (χ4n) is 3.30. The molecule has 72 valence electrons. The molecule has 1 aliphatic heterocycles. The predicted octanol–water partition coefficient (Wildman–Crippen LogP) is 0.522. The molecular formula is C11H12O2Si. The van der Waals surface area contributed by atoms with Crippen LogP contribution in [-0.4, -0.2) is 26.4 Å². The molecule has 2 atom stereocenters. The molecule has 0 N–H and O–H groups in total. The minimum absolute atomic E-state index is 0.0428. The minimum Gasteiger partial charge on any atom is -0.290 e. The van der Waals surface area contributed by atoms with Gasteiger partial charge >= 0.3 is 0 Å². The summed E-state index contributed by atoms with van der Waals surface area (Å²) in [6.07, 6.45) is 4.81. The summed E-state index contributed by atoms with van der Waals surface area (Å²) < 4.78 is 0. The Bertz CT molecular complexity index is 394. The van der Waals surface area contributed by atoms with Crippen molar-refractivity contribution in [1.82, 2.24) is 0 Å². The van der Waals surface area contributed by atoms with Crippen molar-refractivity contribution >= 4 is 26.4 Å².